The Morgan fingerprint density at radius 1 is 1.11 bits per heavy atom. The van der Waals surface area contributed by atoms with Crippen LogP contribution in [-0.2, 0) is 0 Å². The van der Waals surface area contributed by atoms with Gasteiger partial charge in [-0.05, 0) is 17.7 Å². The molecular formula is C13H12F4N2. The molecule has 0 heterocycles. The largest absolute Gasteiger partial charge is 0.410 e. The molecule has 0 saturated heterocycles. The summed E-state index contributed by atoms with van der Waals surface area (Å²) in [6.45, 7) is 0. The number of anilines is 1. The van der Waals surface area contributed by atoms with Gasteiger partial charge >= 0.3 is 6.18 Å². The maximum absolute atomic E-state index is 13.9. The predicted octanol–water partition coefficient (Wildman–Crippen LogP) is 3.17. The first-order valence-corrected chi connectivity index (χ1v) is 5.52. The summed E-state index contributed by atoms with van der Waals surface area (Å²) >= 11 is 0. The minimum absolute atomic E-state index is 0.102. The van der Waals surface area contributed by atoms with Crippen LogP contribution in [0.4, 0.5) is 23.2 Å². The van der Waals surface area contributed by atoms with Crippen molar-refractivity contribution in [3.63, 3.8) is 0 Å². The molecule has 4 N–H and O–H groups in total. The maximum Gasteiger partial charge on any atom is 0.410 e. The molecule has 0 amide bonds. The molecule has 1 aromatic rings. The molecule has 0 saturated carbocycles. The van der Waals surface area contributed by atoms with E-state index in [-0.39, 0.29) is 5.57 Å². The van der Waals surface area contributed by atoms with Crippen molar-refractivity contribution in [1.29, 1.82) is 0 Å². The van der Waals surface area contributed by atoms with E-state index in [0.29, 0.717) is 11.3 Å². The van der Waals surface area contributed by atoms with E-state index in [1.165, 1.54) is 0 Å². The maximum atomic E-state index is 13.9. The molecule has 2 rings (SSSR count). The smallest absolute Gasteiger partial charge is 0.399 e. The summed E-state index contributed by atoms with van der Waals surface area (Å²) in [6, 6.07) is 6.20. The topological polar surface area (TPSA) is 52.0 Å². The molecule has 0 spiro atoms. The third-order valence-corrected chi connectivity index (χ3v) is 3.04. The van der Waals surface area contributed by atoms with Gasteiger partial charge in [-0.3, -0.25) is 0 Å². The summed E-state index contributed by atoms with van der Waals surface area (Å²) in [5.41, 5.74) is 9.10. The van der Waals surface area contributed by atoms with Crippen LogP contribution in [0.2, 0.25) is 0 Å². The third kappa shape index (κ3) is 2.49. The van der Waals surface area contributed by atoms with E-state index in [2.05, 4.69) is 0 Å². The van der Waals surface area contributed by atoms with Crippen LogP contribution in [0.25, 0.3) is 5.57 Å². The molecule has 0 aromatic heterocycles. The quantitative estimate of drug-likeness (QED) is 0.609. The molecule has 102 valence electrons. The number of rotatable bonds is 1. The lowest BCUT2D eigenvalue weighted by molar-refractivity contribution is -0.172. The highest BCUT2D eigenvalue weighted by molar-refractivity contribution is 5.78. The number of allylic oxidation sites excluding steroid dienone is 2. The second kappa shape index (κ2) is 4.38. The summed E-state index contributed by atoms with van der Waals surface area (Å²) in [5.74, 6) is -0.882. The van der Waals surface area contributed by atoms with Crippen molar-refractivity contribution in [2.75, 3.05) is 5.73 Å². The first kappa shape index (κ1) is 13.6. The van der Waals surface area contributed by atoms with Gasteiger partial charge in [0.1, 0.15) is 11.4 Å². The van der Waals surface area contributed by atoms with Gasteiger partial charge in [-0.15, -0.1) is 0 Å². The van der Waals surface area contributed by atoms with E-state index >= 15 is 0 Å². The predicted molar refractivity (Wildman–Crippen MR) is 65.6 cm³/mol. The Bertz CT molecular complexity index is 543. The van der Waals surface area contributed by atoms with Crippen molar-refractivity contribution >= 4 is 11.3 Å². The van der Waals surface area contributed by atoms with Gasteiger partial charge in [0.05, 0.1) is 0 Å². The number of hydrogen-bond donors (Lipinski definition) is 2. The summed E-state index contributed by atoms with van der Waals surface area (Å²) in [4.78, 5) is 0. The summed E-state index contributed by atoms with van der Waals surface area (Å²) in [5, 5.41) is 0. The molecule has 0 fully saturated rings. The molecule has 0 radical (unpaired) electrons. The van der Waals surface area contributed by atoms with Crippen LogP contribution in [-0.4, -0.2) is 11.7 Å². The molecule has 2 nitrogen and oxygen atoms in total. The third-order valence-electron chi connectivity index (χ3n) is 3.04. The van der Waals surface area contributed by atoms with Crippen molar-refractivity contribution < 1.29 is 17.6 Å². The van der Waals surface area contributed by atoms with Crippen molar-refractivity contribution in [2.24, 2.45) is 5.73 Å². The average molecular weight is 272 g/mol. The Morgan fingerprint density at radius 2 is 1.68 bits per heavy atom. The summed E-state index contributed by atoms with van der Waals surface area (Å²) in [6.07, 6.45) is -3.72. The minimum atomic E-state index is -4.69. The summed E-state index contributed by atoms with van der Waals surface area (Å²) in [7, 11) is 0. The highest BCUT2D eigenvalue weighted by Gasteiger charge is 2.52. The van der Waals surface area contributed by atoms with E-state index in [4.69, 9.17) is 11.5 Å². The standard InChI is InChI=1S/C13H12F4N2/c14-11-7-12(19,13(15,16)17)6-5-10(11)8-1-3-9(18)4-2-8/h1-6H,7,18-19H2. The Labute approximate surface area is 107 Å². The van der Waals surface area contributed by atoms with Crippen molar-refractivity contribution in [3.8, 4) is 0 Å². The zero-order valence-electron chi connectivity index (χ0n) is 9.84. The van der Waals surface area contributed by atoms with Crippen LogP contribution in [0.1, 0.15) is 12.0 Å². The molecule has 6 heteroatoms. The van der Waals surface area contributed by atoms with E-state index in [9.17, 15) is 17.6 Å². The van der Waals surface area contributed by atoms with E-state index < -0.39 is 24.0 Å². The van der Waals surface area contributed by atoms with Gasteiger partial charge in [0.25, 0.3) is 0 Å². The molecule has 0 aliphatic heterocycles. The highest BCUT2D eigenvalue weighted by atomic mass is 19.4. The number of benzene rings is 1. The lowest BCUT2D eigenvalue weighted by atomic mass is 9.86. The molecule has 1 aromatic carbocycles. The van der Waals surface area contributed by atoms with Gasteiger partial charge in [0, 0.05) is 17.7 Å². The summed E-state index contributed by atoms with van der Waals surface area (Å²) < 4.78 is 52.0. The fourth-order valence-corrected chi connectivity index (χ4v) is 1.84. The molecule has 0 bridgehead atoms. The molecular weight excluding hydrogens is 260 g/mol. The van der Waals surface area contributed by atoms with Crippen molar-refractivity contribution in [2.45, 2.75) is 18.1 Å². The second-order valence-electron chi connectivity index (χ2n) is 4.49. The Kier molecular flexibility index (Phi) is 3.14. The Morgan fingerprint density at radius 3 is 2.16 bits per heavy atom. The van der Waals surface area contributed by atoms with Gasteiger partial charge in [0.2, 0.25) is 0 Å². The minimum Gasteiger partial charge on any atom is -0.399 e. The number of alkyl halides is 3. The average Bonchev–Trinajstić information content (AvgIpc) is 2.29. The van der Waals surface area contributed by atoms with Gasteiger partial charge in [-0.2, -0.15) is 13.2 Å². The van der Waals surface area contributed by atoms with Crippen LogP contribution in [0.5, 0.6) is 0 Å². The first-order chi connectivity index (χ1) is 8.73. The van der Waals surface area contributed by atoms with Gasteiger partial charge in [0.15, 0.2) is 0 Å². The zero-order valence-corrected chi connectivity index (χ0v) is 9.84. The molecule has 1 aliphatic rings. The van der Waals surface area contributed by atoms with Crippen LogP contribution >= 0.6 is 0 Å². The van der Waals surface area contributed by atoms with Gasteiger partial charge in [-0.25, -0.2) is 4.39 Å². The van der Waals surface area contributed by atoms with E-state index in [1.54, 1.807) is 24.3 Å². The molecule has 1 aliphatic carbocycles. The van der Waals surface area contributed by atoms with Crippen LogP contribution in [0.15, 0.2) is 42.2 Å². The Hall–Kier alpha value is -1.82. The molecule has 1 unspecified atom stereocenters. The van der Waals surface area contributed by atoms with Crippen LogP contribution in [0, 0.1) is 0 Å². The van der Waals surface area contributed by atoms with Gasteiger partial charge in [-0.1, -0.05) is 24.3 Å². The molecule has 1 atom stereocenters. The van der Waals surface area contributed by atoms with E-state index in [1.807, 2.05) is 0 Å². The number of halogens is 4. The normalized spacial score (nSPS) is 23.8. The number of nitrogens with two attached hydrogens (primary N) is 2. The van der Waals surface area contributed by atoms with Gasteiger partial charge < -0.3 is 11.5 Å². The van der Waals surface area contributed by atoms with Crippen molar-refractivity contribution in [1.82, 2.24) is 0 Å². The van der Waals surface area contributed by atoms with Crippen molar-refractivity contribution in [3.05, 3.63) is 47.8 Å². The second-order valence-corrected chi connectivity index (χ2v) is 4.49. The molecule has 19 heavy (non-hydrogen) atoms. The lowest BCUT2D eigenvalue weighted by Crippen LogP contribution is -2.52. The fraction of sp³-hybridized carbons (Fsp3) is 0.231. The lowest BCUT2D eigenvalue weighted by Gasteiger charge is -2.31. The fourth-order valence-electron chi connectivity index (χ4n) is 1.84. The highest BCUT2D eigenvalue weighted by Crippen LogP contribution is 2.40. The number of nitrogen functional groups attached to an aromatic ring is 1. The first-order valence-electron chi connectivity index (χ1n) is 5.52. The van der Waals surface area contributed by atoms with E-state index in [0.717, 1.165) is 12.2 Å². The van der Waals surface area contributed by atoms with Crippen LogP contribution < -0.4 is 11.5 Å². The zero-order chi connectivity index (χ0) is 14.3. The SMILES string of the molecule is Nc1ccc(C2=C(F)CC(N)(C(F)(F)F)C=C2)cc1. The van der Waals surface area contributed by atoms with Crippen LogP contribution in [0.3, 0.4) is 0 Å². The monoisotopic (exact) mass is 272 g/mol. The Balaban J connectivity index is 2.35. The number of hydrogen-bond acceptors (Lipinski definition) is 2.